The van der Waals surface area contributed by atoms with Crippen LogP contribution in [0.4, 0.5) is 5.69 Å². The number of ether oxygens (including phenoxy) is 2. The van der Waals surface area contributed by atoms with Gasteiger partial charge in [-0.05, 0) is 35.2 Å². The molecule has 0 saturated carbocycles. The van der Waals surface area contributed by atoms with Gasteiger partial charge >= 0.3 is 0 Å². The molecule has 0 bridgehead atoms. The highest BCUT2D eigenvalue weighted by atomic mass is 16.7. The third-order valence-electron chi connectivity index (χ3n) is 6.84. The summed E-state index contributed by atoms with van der Waals surface area (Å²) in [4.78, 5) is 2.28. The van der Waals surface area contributed by atoms with Crippen molar-refractivity contribution in [1.29, 1.82) is 0 Å². The van der Waals surface area contributed by atoms with Gasteiger partial charge in [0, 0.05) is 36.8 Å². The minimum absolute atomic E-state index is 0.00283. The van der Waals surface area contributed by atoms with Gasteiger partial charge in [0.05, 0.1) is 24.9 Å². The van der Waals surface area contributed by atoms with Crippen LogP contribution in [0.25, 0.3) is 0 Å². The van der Waals surface area contributed by atoms with E-state index in [2.05, 4.69) is 17.0 Å². The largest absolute Gasteiger partial charge is 0.399 e. The van der Waals surface area contributed by atoms with E-state index in [1.807, 2.05) is 66.7 Å². The van der Waals surface area contributed by atoms with Crippen LogP contribution in [0, 0.1) is 0 Å². The first-order chi connectivity index (χ1) is 16.6. The van der Waals surface area contributed by atoms with E-state index in [4.69, 9.17) is 15.2 Å². The monoisotopic (exact) mass is 460 g/mol. The van der Waals surface area contributed by atoms with Crippen molar-refractivity contribution in [2.45, 2.75) is 43.5 Å². The molecule has 34 heavy (non-hydrogen) atoms. The molecule has 4 N–H and O–H groups in total. The van der Waals surface area contributed by atoms with Crippen molar-refractivity contribution in [1.82, 2.24) is 4.90 Å². The number of nitrogens with zero attached hydrogens (tertiary/aromatic N) is 1. The van der Waals surface area contributed by atoms with Crippen LogP contribution in [0.1, 0.15) is 47.0 Å². The number of aliphatic hydroxyl groups is 2. The number of β-amino-alcohol motifs (C(OH)–C–C–N with tert-alkyl or cyclic N) is 1. The van der Waals surface area contributed by atoms with Crippen molar-refractivity contribution < 1.29 is 19.7 Å². The molecule has 0 amide bonds. The molecule has 1 unspecified atom stereocenters. The normalized spacial score (nSPS) is 27.6. The Morgan fingerprint density at radius 1 is 0.882 bits per heavy atom. The Balaban J connectivity index is 1.54. The van der Waals surface area contributed by atoms with Gasteiger partial charge in [0.1, 0.15) is 0 Å². The van der Waals surface area contributed by atoms with Crippen LogP contribution >= 0.6 is 0 Å². The van der Waals surface area contributed by atoms with Gasteiger partial charge in [-0.25, -0.2) is 0 Å². The molecule has 2 aliphatic rings. The molecule has 3 aromatic carbocycles. The molecule has 0 radical (unpaired) electrons. The molecule has 2 heterocycles. The predicted octanol–water partition coefficient (Wildman–Crippen LogP) is 3.77. The Hall–Kier alpha value is -2.74. The maximum absolute atomic E-state index is 10.1. The molecule has 6 nitrogen and oxygen atoms in total. The summed E-state index contributed by atoms with van der Waals surface area (Å²) >= 11 is 0. The van der Waals surface area contributed by atoms with Crippen molar-refractivity contribution >= 4 is 5.69 Å². The molecular weight excluding hydrogens is 428 g/mol. The van der Waals surface area contributed by atoms with Crippen LogP contribution < -0.4 is 5.73 Å². The first kappa shape index (κ1) is 23.0. The fourth-order valence-corrected chi connectivity index (χ4v) is 5.10. The fraction of sp³-hybridized carbons (Fsp3) is 0.357. The highest BCUT2D eigenvalue weighted by molar-refractivity contribution is 5.41. The lowest BCUT2D eigenvalue weighted by Crippen LogP contribution is -2.44. The molecule has 2 saturated heterocycles. The number of benzene rings is 3. The van der Waals surface area contributed by atoms with Crippen LogP contribution in [-0.4, -0.2) is 47.0 Å². The zero-order valence-corrected chi connectivity index (χ0v) is 19.2. The van der Waals surface area contributed by atoms with Gasteiger partial charge in [-0.2, -0.15) is 0 Å². The van der Waals surface area contributed by atoms with Crippen molar-refractivity contribution in [3.05, 3.63) is 101 Å². The average molecular weight is 461 g/mol. The van der Waals surface area contributed by atoms with Crippen LogP contribution in [-0.2, 0) is 16.1 Å². The van der Waals surface area contributed by atoms with Crippen LogP contribution in [0.5, 0.6) is 0 Å². The second kappa shape index (κ2) is 10.3. The van der Waals surface area contributed by atoms with E-state index in [0.717, 1.165) is 35.2 Å². The van der Waals surface area contributed by atoms with E-state index in [9.17, 15) is 10.2 Å². The number of nitrogen functional groups attached to an aromatic ring is 1. The van der Waals surface area contributed by atoms with Crippen molar-refractivity contribution in [2.24, 2.45) is 0 Å². The Kier molecular flexibility index (Phi) is 6.94. The summed E-state index contributed by atoms with van der Waals surface area (Å²) in [5.41, 5.74) is 10.7. The lowest BCUT2D eigenvalue weighted by molar-refractivity contribution is -0.263. The van der Waals surface area contributed by atoms with E-state index < -0.39 is 6.29 Å². The highest BCUT2D eigenvalue weighted by Gasteiger charge is 2.43. The number of rotatable bonds is 6. The van der Waals surface area contributed by atoms with Gasteiger partial charge in [0.15, 0.2) is 6.29 Å². The quantitative estimate of drug-likeness (QED) is 0.486. The lowest BCUT2D eigenvalue weighted by atomic mass is 9.83. The third kappa shape index (κ3) is 5.02. The van der Waals surface area contributed by atoms with Gasteiger partial charge in [0.25, 0.3) is 0 Å². The SMILES string of the molecule is Nc1cccc(C2O[C@H](CN3CC[C@@H](O)C3)[C@@H](c3ccccc3)[C@H](c3ccc(CO)cc3)O2)c1. The summed E-state index contributed by atoms with van der Waals surface area (Å²) in [7, 11) is 0. The molecule has 2 fully saturated rings. The van der Waals surface area contributed by atoms with Gasteiger partial charge in [0.2, 0.25) is 0 Å². The Bertz CT molecular complexity index is 1080. The average Bonchev–Trinajstić information content (AvgIpc) is 3.28. The molecule has 5 rings (SSSR count). The van der Waals surface area contributed by atoms with Crippen LogP contribution in [0.2, 0.25) is 0 Å². The molecule has 5 atom stereocenters. The number of anilines is 1. The number of nitrogens with two attached hydrogens (primary N) is 1. The summed E-state index contributed by atoms with van der Waals surface area (Å²) in [6.45, 7) is 2.20. The first-order valence-electron chi connectivity index (χ1n) is 11.9. The standard InChI is InChI=1S/C28H32N2O4/c29-23-8-4-7-22(15-23)28-33-25(17-30-14-13-24(32)16-30)26(20-5-2-1-3-6-20)27(34-28)21-11-9-19(18-31)10-12-21/h1-12,15,24-28,31-32H,13-14,16-18,29H2/t24-,25-,26-,27+,28?/m1/s1. The summed E-state index contributed by atoms with van der Waals surface area (Å²) in [5.74, 6) is -0.0452. The second-order valence-electron chi connectivity index (χ2n) is 9.27. The van der Waals surface area contributed by atoms with E-state index in [-0.39, 0.29) is 30.8 Å². The smallest absolute Gasteiger partial charge is 0.185 e. The van der Waals surface area contributed by atoms with Crippen molar-refractivity contribution in [3.63, 3.8) is 0 Å². The lowest BCUT2D eigenvalue weighted by Gasteiger charge is -2.44. The molecular formula is C28H32N2O4. The summed E-state index contributed by atoms with van der Waals surface area (Å²) in [6.07, 6.45) is -0.488. The number of hydrogen-bond donors (Lipinski definition) is 3. The van der Waals surface area contributed by atoms with E-state index >= 15 is 0 Å². The maximum atomic E-state index is 10.1. The van der Waals surface area contributed by atoms with Gasteiger partial charge < -0.3 is 25.4 Å². The van der Waals surface area contributed by atoms with Crippen molar-refractivity contribution in [2.75, 3.05) is 25.4 Å². The predicted molar refractivity (Wildman–Crippen MR) is 131 cm³/mol. The minimum atomic E-state index is -0.566. The molecule has 178 valence electrons. The highest BCUT2D eigenvalue weighted by Crippen LogP contribution is 2.47. The summed E-state index contributed by atoms with van der Waals surface area (Å²) in [6, 6.07) is 25.9. The zero-order valence-electron chi connectivity index (χ0n) is 19.2. The number of aliphatic hydroxyl groups excluding tert-OH is 2. The topological polar surface area (TPSA) is 88.2 Å². The molecule has 3 aromatic rings. The Morgan fingerprint density at radius 3 is 2.32 bits per heavy atom. The number of hydrogen-bond acceptors (Lipinski definition) is 6. The van der Waals surface area contributed by atoms with Crippen LogP contribution in [0.15, 0.2) is 78.9 Å². The maximum Gasteiger partial charge on any atom is 0.185 e. The van der Waals surface area contributed by atoms with Crippen molar-refractivity contribution in [3.8, 4) is 0 Å². The first-order valence-corrected chi connectivity index (χ1v) is 11.9. The fourth-order valence-electron chi connectivity index (χ4n) is 5.10. The Morgan fingerprint density at radius 2 is 1.65 bits per heavy atom. The Labute approximate surface area is 200 Å². The van der Waals surface area contributed by atoms with Gasteiger partial charge in [-0.15, -0.1) is 0 Å². The van der Waals surface area contributed by atoms with E-state index in [1.165, 1.54) is 0 Å². The van der Waals surface area contributed by atoms with Crippen LogP contribution in [0.3, 0.4) is 0 Å². The number of likely N-dealkylation sites (tertiary alicyclic amines) is 1. The minimum Gasteiger partial charge on any atom is -0.399 e. The molecule has 0 aromatic heterocycles. The van der Waals surface area contributed by atoms with E-state index in [0.29, 0.717) is 18.8 Å². The molecule has 0 spiro atoms. The second-order valence-corrected chi connectivity index (χ2v) is 9.27. The molecule has 6 heteroatoms. The van der Waals surface area contributed by atoms with E-state index in [1.54, 1.807) is 0 Å². The summed E-state index contributed by atoms with van der Waals surface area (Å²) in [5, 5.41) is 19.6. The van der Waals surface area contributed by atoms with Gasteiger partial charge in [-0.3, -0.25) is 4.90 Å². The molecule has 0 aliphatic carbocycles. The third-order valence-corrected chi connectivity index (χ3v) is 6.84. The summed E-state index contributed by atoms with van der Waals surface area (Å²) < 4.78 is 13.3. The molecule has 2 aliphatic heterocycles. The van der Waals surface area contributed by atoms with Gasteiger partial charge in [-0.1, -0.05) is 66.7 Å². The zero-order chi connectivity index (χ0) is 23.5.